The fraction of sp³-hybridized carbons (Fsp3) is 0.438. The van der Waals surface area contributed by atoms with E-state index in [9.17, 15) is 9.59 Å². The van der Waals surface area contributed by atoms with E-state index in [1.807, 2.05) is 41.2 Å². The first-order chi connectivity index (χ1) is 10.7. The molecule has 1 aliphatic heterocycles. The first-order valence-electron chi connectivity index (χ1n) is 7.37. The molecule has 0 aliphatic carbocycles. The third kappa shape index (κ3) is 3.87. The Morgan fingerprint density at radius 3 is 2.73 bits per heavy atom. The number of amides is 1. The van der Waals surface area contributed by atoms with E-state index in [-0.39, 0.29) is 12.7 Å². The fourth-order valence-corrected chi connectivity index (χ4v) is 2.51. The Morgan fingerprint density at radius 1 is 1.36 bits per heavy atom. The minimum atomic E-state index is -0.411. The van der Waals surface area contributed by atoms with Gasteiger partial charge in [-0.2, -0.15) is 0 Å². The summed E-state index contributed by atoms with van der Waals surface area (Å²) in [6.07, 6.45) is -0.0967. The van der Waals surface area contributed by atoms with Crippen molar-refractivity contribution in [2.75, 3.05) is 26.2 Å². The van der Waals surface area contributed by atoms with Gasteiger partial charge in [0.2, 0.25) is 0 Å². The van der Waals surface area contributed by atoms with E-state index in [0.717, 1.165) is 5.56 Å². The second-order valence-electron chi connectivity index (χ2n) is 5.12. The molecule has 1 amide bonds. The molecule has 0 radical (unpaired) electrons. The second-order valence-corrected chi connectivity index (χ2v) is 5.12. The molecule has 0 aromatic heterocycles. The first-order valence-corrected chi connectivity index (χ1v) is 7.37. The summed E-state index contributed by atoms with van der Waals surface area (Å²) >= 11 is 0. The van der Waals surface area contributed by atoms with Crippen molar-refractivity contribution in [1.29, 1.82) is 0 Å². The van der Waals surface area contributed by atoms with E-state index in [0.29, 0.717) is 31.8 Å². The lowest BCUT2D eigenvalue weighted by Gasteiger charge is -2.39. The van der Waals surface area contributed by atoms with Gasteiger partial charge >= 0.3 is 6.09 Å². The summed E-state index contributed by atoms with van der Waals surface area (Å²) in [7, 11) is 0. The van der Waals surface area contributed by atoms with Gasteiger partial charge in [0.05, 0.1) is 19.3 Å². The molecule has 1 fully saturated rings. The van der Waals surface area contributed by atoms with Crippen LogP contribution in [-0.2, 0) is 16.0 Å². The number of hydrogen-bond acceptors (Lipinski definition) is 5. The Bertz CT molecular complexity index is 555. The SMILES string of the molecule is CCOC(=O)N1CCN(C(N)Cc2ccccc2)C(=C=O)C1. The highest BCUT2D eigenvalue weighted by molar-refractivity contribution is 5.69. The monoisotopic (exact) mass is 303 g/mol. The van der Waals surface area contributed by atoms with Crippen molar-refractivity contribution < 1.29 is 14.3 Å². The highest BCUT2D eigenvalue weighted by atomic mass is 16.6. The van der Waals surface area contributed by atoms with Gasteiger partial charge in [0.1, 0.15) is 11.6 Å². The number of carbonyl (C=O) groups is 1. The molecule has 1 heterocycles. The number of hydrogen-bond donors (Lipinski definition) is 1. The Hall–Kier alpha value is -2.30. The summed E-state index contributed by atoms with van der Waals surface area (Å²) in [5, 5.41) is 0. The minimum absolute atomic E-state index is 0.185. The number of piperazine rings is 1. The van der Waals surface area contributed by atoms with Crippen molar-refractivity contribution >= 4 is 12.0 Å². The van der Waals surface area contributed by atoms with E-state index in [4.69, 9.17) is 10.5 Å². The van der Waals surface area contributed by atoms with Crippen LogP contribution in [0.4, 0.5) is 4.79 Å². The van der Waals surface area contributed by atoms with Crippen molar-refractivity contribution in [3.8, 4) is 0 Å². The molecule has 1 atom stereocenters. The van der Waals surface area contributed by atoms with Gasteiger partial charge in [0.25, 0.3) is 0 Å². The van der Waals surface area contributed by atoms with Crippen LogP contribution in [0, 0.1) is 0 Å². The summed E-state index contributed by atoms with van der Waals surface area (Å²) < 4.78 is 4.96. The quantitative estimate of drug-likeness (QED) is 0.840. The summed E-state index contributed by atoms with van der Waals surface area (Å²) in [4.78, 5) is 26.3. The van der Waals surface area contributed by atoms with Crippen LogP contribution in [-0.4, -0.2) is 54.2 Å². The molecule has 1 aromatic carbocycles. The van der Waals surface area contributed by atoms with Crippen LogP contribution in [0.2, 0.25) is 0 Å². The van der Waals surface area contributed by atoms with Crippen molar-refractivity contribution in [1.82, 2.24) is 9.80 Å². The van der Waals surface area contributed by atoms with Gasteiger partial charge < -0.3 is 15.4 Å². The Labute approximate surface area is 130 Å². The maximum absolute atomic E-state index is 11.7. The maximum atomic E-state index is 11.7. The number of rotatable bonds is 4. The van der Waals surface area contributed by atoms with Crippen molar-refractivity contribution in [2.24, 2.45) is 5.73 Å². The molecule has 1 aromatic rings. The molecule has 0 bridgehead atoms. The molecule has 0 saturated carbocycles. The van der Waals surface area contributed by atoms with Crippen LogP contribution in [0.5, 0.6) is 0 Å². The van der Waals surface area contributed by atoms with E-state index in [2.05, 4.69) is 0 Å². The van der Waals surface area contributed by atoms with Crippen molar-refractivity contribution in [3.63, 3.8) is 0 Å². The number of nitrogens with zero attached hydrogens (tertiary/aromatic N) is 2. The molecule has 1 aliphatic rings. The normalized spacial score (nSPS) is 16.2. The van der Waals surface area contributed by atoms with Crippen LogP contribution in [0.15, 0.2) is 36.0 Å². The molecular formula is C16H21N3O3. The van der Waals surface area contributed by atoms with Crippen LogP contribution < -0.4 is 5.73 Å². The third-order valence-corrected chi connectivity index (χ3v) is 3.63. The summed E-state index contributed by atoms with van der Waals surface area (Å²) in [6.45, 7) is 3.22. The average molecular weight is 303 g/mol. The van der Waals surface area contributed by atoms with Gasteiger partial charge in [-0.15, -0.1) is 0 Å². The predicted molar refractivity (Wildman–Crippen MR) is 82.6 cm³/mol. The van der Waals surface area contributed by atoms with E-state index < -0.39 is 6.09 Å². The fourth-order valence-electron chi connectivity index (χ4n) is 2.51. The van der Waals surface area contributed by atoms with E-state index >= 15 is 0 Å². The van der Waals surface area contributed by atoms with E-state index in [1.54, 1.807) is 6.92 Å². The van der Waals surface area contributed by atoms with Gasteiger partial charge in [-0.3, -0.25) is 4.90 Å². The van der Waals surface area contributed by atoms with Gasteiger partial charge in [0.15, 0.2) is 0 Å². The molecule has 6 heteroatoms. The van der Waals surface area contributed by atoms with Gasteiger partial charge in [0, 0.05) is 19.5 Å². The van der Waals surface area contributed by atoms with Gasteiger partial charge in [-0.05, 0) is 12.5 Å². The Morgan fingerprint density at radius 2 is 2.09 bits per heavy atom. The lowest BCUT2D eigenvalue weighted by atomic mass is 10.1. The van der Waals surface area contributed by atoms with Gasteiger partial charge in [-0.25, -0.2) is 9.59 Å². The number of nitrogens with two attached hydrogens (primary N) is 1. The first kappa shape index (κ1) is 16.1. The maximum Gasteiger partial charge on any atom is 0.410 e. The Kier molecular flexibility index (Phi) is 5.58. The second kappa shape index (κ2) is 7.64. The lowest BCUT2D eigenvalue weighted by Crippen LogP contribution is -2.54. The van der Waals surface area contributed by atoms with Gasteiger partial charge in [-0.1, -0.05) is 30.3 Å². The summed E-state index contributed by atoms with van der Waals surface area (Å²) in [5.41, 5.74) is 7.71. The molecule has 118 valence electrons. The smallest absolute Gasteiger partial charge is 0.410 e. The van der Waals surface area contributed by atoms with E-state index in [1.165, 1.54) is 4.90 Å². The molecule has 0 spiro atoms. The molecular weight excluding hydrogens is 282 g/mol. The van der Waals surface area contributed by atoms with Crippen molar-refractivity contribution in [3.05, 3.63) is 41.6 Å². The molecule has 1 saturated heterocycles. The Balaban J connectivity index is 2.00. The average Bonchev–Trinajstić information content (AvgIpc) is 2.55. The largest absolute Gasteiger partial charge is 0.450 e. The number of carbonyl (C=O) groups excluding carboxylic acids is 2. The molecule has 6 nitrogen and oxygen atoms in total. The van der Waals surface area contributed by atoms with Crippen molar-refractivity contribution in [2.45, 2.75) is 19.5 Å². The zero-order valence-corrected chi connectivity index (χ0v) is 12.7. The summed E-state index contributed by atoms with van der Waals surface area (Å²) in [6, 6.07) is 9.86. The topological polar surface area (TPSA) is 75.9 Å². The van der Waals surface area contributed by atoms with Crippen LogP contribution >= 0.6 is 0 Å². The molecule has 22 heavy (non-hydrogen) atoms. The number of ether oxygens (including phenoxy) is 1. The standard InChI is InChI=1S/C16H21N3O3/c1-2-22-16(21)18-8-9-19(14(11-18)12-20)15(17)10-13-6-4-3-5-7-13/h3-7,15H,2,8-11,17H2,1H3. The molecule has 2 N–H and O–H groups in total. The zero-order valence-electron chi connectivity index (χ0n) is 12.7. The molecule has 1 unspecified atom stereocenters. The van der Waals surface area contributed by atoms with Crippen LogP contribution in [0.1, 0.15) is 12.5 Å². The van der Waals surface area contributed by atoms with Crippen LogP contribution in [0.25, 0.3) is 0 Å². The molecule has 2 rings (SSSR count). The zero-order chi connectivity index (χ0) is 15.9. The minimum Gasteiger partial charge on any atom is -0.450 e. The third-order valence-electron chi connectivity index (χ3n) is 3.63. The number of benzene rings is 1. The summed E-state index contributed by atoms with van der Waals surface area (Å²) in [5.74, 6) is 1.91. The lowest BCUT2D eigenvalue weighted by molar-refractivity contribution is 0.0863. The highest BCUT2D eigenvalue weighted by Crippen LogP contribution is 2.16. The van der Waals surface area contributed by atoms with Crippen LogP contribution in [0.3, 0.4) is 0 Å². The predicted octanol–water partition coefficient (Wildman–Crippen LogP) is 1.00. The highest BCUT2D eigenvalue weighted by Gasteiger charge is 2.29.